The molecule has 0 atom stereocenters. The molecule has 9 nitrogen and oxygen atoms in total. The summed E-state index contributed by atoms with van der Waals surface area (Å²) in [5.74, 6) is -0.997. The van der Waals surface area contributed by atoms with Crippen LogP contribution in [0.2, 0.25) is 5.15 Å². The Kier molecular flexibility index (Phi) is 4.37. The lowest BCUT2D eigenvalue weighted by molar-refractivity contribution is 0.0596. The van der Waals surface area contributed by atoms with Crippen LogP contribution in [0.15, 0.2) is 5.03 Å². The van der Waals surface area contributed by atoms with Gasteiger partial charge in [-0.1, -0.05) is 11.6 Å². The van der Waals surface area contributed by atoms with Crippen molar-refractivity contribution in [3.05, 3.63) is 10.7 Å². The van der Waals surface area contributed by atoms with E-state index in [1.54, 1.807) is 4.72 Å². The number of methoxy groups -OCH3 is 2. The number of carbonyl (C=O) groups is 2. The Balaban J connectivity index is 3.42. The highest BCUT2D eigenvalue weighted by atomic mass is 35.5. The van der Waals surface area contributed by atoms with Crippen molar-refractivity contribution in [2.75, 3.05) is 14.2 Å². The zero-order valence-corrected chi connectivity index (χ0v) is 11.7. The first-order valence-electron chi connectivity index (χ1n) is 4.66. The van der Waals surface area contributed by atoms with E-state index >= 15 is 0 Å². The standard InChI is InChI=1S/C8H10ClN3O6S/c1-12-6(19(15,16)11-8(14)18-3)4(5(9)10-12)7(13)17-2/h1-3H3,(H,11,14). The predicted molar refractivity (Wildman–Crippen MR) is 62.3 cm³/mol. The summed E-state index contributed by atoms with van der Waals surface area (Å²) in [6.07, 6.45) is -1.21. The van der Waals surface area contributed by atoms with Gasteiger partial charge in [0, 0.05) is 7.05 Å². The Labute approximate surface area is 113 Å². The number of nitrogens with one attached hydrogen (secondary N) is 1. The molecule has 1 aromatic heterocycles. The Morgan fingerprint density at radius 1 is 1.32 bits per heavy atom. The van der Waals surface area contributed by atoms with Gasteiger partial charge in [0.2, 0.25) is 0 Å². The monoisotopic (exact) mass is 311 g/mol. The molecule has 0 fully saturated rings. The third-order valence-electron chi connectivity index (χ3n) is 2.00. The lowest BCUT2D eigenvalue weighted by Gasteiger charge is -2.07. The van der Waals surface area contributed by atoms with Crippen LogP contribution in [0.4, 0.5) is 4.79 Å². The second-order valence-corrected chi connectivity index (χ2v) is 5.14. The maximum Gasteiger partial charge on any atom is 0.420 e. The quantitative estimate of drug-likeness (QED) is 0.775. The van der Waals surface area contributed by atoms with Crippen molar-refractivity contribution in [2.45, 2.75) is 5.03 Å². The molecule has 1 aromatic rings. The number of hydrogen-bond donors (Lipinski definition) is 1. The molecule has 0 saturated carbocycles. The van der Waals surface area contributed by atoms with E-state index in [0.29, 0.717) is 0 Å². The SMILES string of the molecule is COC(=O)NS(=O)(=O)c1c(C(=O)OC)c(Cl)nn1C. The molecule has 1 amide bonds. The number of sulfonamides is 1. The number of aromatic nitrogens is 2. The van der Waals surface area contributed by atoms with E-state index < -0.39 is 32.7 Å². The third-order valence-corrected chi connectivity index (χ3v) is 3.68. The van der Waals surface area contributed by atoms with Crippen LogP contribution in [0.5, 0.6) is 0 Å². The number of rotatable bonds is 3. The first-order valence-corrected chi connectivity index (χ1v) is 6.52. The first-order chi connectivity index (χ1) is 8.74. The summed E-state index contributed by atoms with van der Waals surface area (Å²) in [4.78, 5) is 22.5. The zero-order valence-electron chi connectivity index (χ0n) is 10.1. The van der Waals surface area contributed by atoms with Crippen LogP contribution in [0.1, 0.15) is 10.4 Å². The fourth-order valence-electron chi connectivity index (χ4n) is 1.26. The molecule has 11 heteroatoms. The summed E-state index contributed by atoms with van der Waals surface area (Å²) in [5.41, 5.74) is -0.469. The average molecular weight is 312 g/mol. The Morgan fingerprint density at radius 2 is 1.89 bits per heavy atom. The highest BCUT2D eigenvalue weighted by molar-refractivity contribution is 7.90. The van der Waals surface area contributed by atoms with E-state index in [1.165, 1.54) is 7.05 Å². The smallest absolute Gasteiger partial charge is 0.420 e. The molecule has 1 rings (SSSR count). The van der Waals surface area contributed by atoms with Gasteiger partial charge in [-0.15, -0.1) is 0 Å². The highest BCUT2D eigenvalue weighted by Gasteiger charge is 2.32. The number of hydrogen-bond acceptors (Lipinski definition) is 7. The van der Waals surface area contributed by atoms with Gasteiger partial charge in [0.1, 0.15) is 5.56 Å². The van der Waals surface area contributed by atoms with Gasteiger partial charge in [-0.2, -0.15) is 13.5 Å². The van der Waals surface area contributed by atoms with Gasteiger partial charge in [-0.05, 0) is 0 Å². The van der Waals surface area contributed by atoms with Crippen molar-refractivity contribution in [1.29, 1.82) is 0 Å². The molecule has 1 N–H and O–H groups in total. The minimum absolute atomic E-state index is 0.361. The van der Waals surface area contributed by atoms with Crippen LogP contribution in [-0.4, -0.2) is 44.5 Å². The molecule has 0 unspecified atom stereocenters. The van der Waals surface area contributed by atoms with Crippen LogP contribution >= 0.6 is 11.6 Å². The van der Waals surface area contributed by atoms with Gasteiger partial charge >= 0.3 is 12.1 Å². The molecule has 0 radical (unpaired) electrons. The van der Waals surface area contributed by atoms with Gasteiger partial charge in [0.25, 0.3) is 10.0 Å². The zero-order chi connectivity index (χ0) is 14.8. The van der Waals surface area contributed by atoms with Crippen molar-refractivity contribution >= 4 is 33.7 Å². The Bertz CT molecular complexity index is 623. The van der Waals surface area contributed by atoms with Gasteiger partial charge < -0.3 is 9.47 Å². The molecule has 0 aliphatic carbocycles. The van der Waals surface area contributed by atoms with Gasteiger partial charge in [-0.25, -0.2) is 14.3 Å². The largest absolute Gasteiger partial charge is 0.465 e. The Hall–Kier alpha value is -1.81. The lowest BCUT2D eigenvalue weighted by Crippen LogP contribution is -2.32. The third kappa shape index (κ3) is 2.96. The summed E-state index contributed by atoms with van der Waals surface area (Å²) in [5, 5.41) is 2.63. The molecule has 0 bridgehead atoms. The molecule has 19 heavy (non-hydrogen) atoms. The number of esters is 1. The van der Waals surface area contributed by atoms with Gasteiger partial charge in [0.05, 0.1) is 14.2 Å². The van der Waals surface area contributed by atoms with Gasteiger partial charge in [0.15, 0.2) is 10.2 Å². The molecule has 106 valence electrons. The summed E-state index contributed by atoms with van der Waals surface area (Å²) in [6.45, 7) is 0. The number of amides is 1. The van der Waals surface area contributed by atoms with Crippen LogP contribution in [0, 0.1) is 0 Å². The number of nitrogens with zero attached hydrogens (tertiary/aromatic N) is 2. The summed E-state index contributed by atoms with van der Waals surface area (Å²) < 4.78 is 34.9. The van der Waals surface area contributed by atoms with Crippen molar-refractivity contribution in [2.24, 2.45) is 7.05 Å². The van der Waals surface area contributed by atoms with E-state index in [0.717, 1.165) is 18.9 Å². The van der Waals surface area contributed by atoms with E-state index in [9.17, 15) is 18.0 Å². The van der Waals surface area contributed by atoms with Gasteiger partial charge in [-0.3, -0.25) is 4.68 Å². The van der Waals surface area contributed by atoms with Crippen molar-refractivity contribution in [1.82, 2.24) is 14.5 Å². The molecule has 0 aliphatic heterocycles. The highest BCUT2D eigenvalue weighted by Crippen LogP contribution is 2.23. The topological polar surface area (TPSA) is 117 Å². The van der Waals surface area contributed by atoms with Crippen molar-refractivity contribution in [3.63, 3.8) is 0 Å². The normalized spacial score (nSPS) is 10.9. The minimum atomic E-state index is -4.38. The molecule has 0 aliphatic rings. The van der Waals surface area contributed by atoms with Crippen LogP contribution < -0.4 is 4.72 Å². The first kappa shape index (κ1) is 15.2. The van der Waals surface area contributed by atoms with Crippen molar-refractivity contribution < 1.29 is 27.5 Å². The molecule has 0 saturated heterocycles. The average Bonchev–Trinajstić information content (AvgIpc) is 2.63. The summed E-state index contributed by atoms with van der Waals surface area (Å²) >= 11 is 5.66. The molecule has 0 aromatic carbocycles. The fourth-order valence-corrected chi connectivity index (χ4v) is 2.83. The number of carbonyl (C=O) groups excluding carboxylic acids is 2. The lowest BCUT2D eigenvalue weighted by atomic mass is 10.4. The number of ether oxygens (including phenoxy) is 2. The molecule has 0 spiro atoms. The maximum absolute atomic E-state index is 11.9. The number of halogens is 1. The van der Waals surface area contributed by atoms with E-state index in [2.05, 4.69) is 14.6 Å². The van der Waals surface area contributed by atoms with Crippen LogP contribution in [-0.2, 0) is 26.5 Å². The molecular weight excluding hydrogens is 302 g/mol. The summed E-state index contributed by atoms with van der Waals surface area (Å²) in [7, 11) is -1.10. The van der Waals surface area contributed by atoms with E-state index in [4.69, 9.17) is 11.6 Å². The van der Waals surface area contributed by atoms with Crippen molar-refractivity contribution in [3.8, 4) is 0 Å². The maximum atomic E-state index is 11.9. The van der Waals surface area contributed by atoms with Crippen LogP contribution in [0.25, 0.3) is 0 Å². The Morgan fingerprint density at radius 3 is 2.37 bits per heavy atom. The second-order valence-electron chi connectivity index (χ2n) is 3.18. The predicted octanol–water partition coefficient (Wildman–Crippen LogP) is -0.0952. The minimum Gasteiger partial charge on any atom is -0.465 e. The fraction of sp³-hybridized carbons (Fsp3) is 0.375. The van der Waals surface area contributed by atoms with E-state index in [1.807, 2.05) is 0 Å². The van der Waals surface area contributed by atoms with Crippen LogP contribution in [0.3, 0.4) is 0 Å². The molecular formula is C8H10ClN3O6S. The summed E-state index contributed by atoms with van der Waals surface area (Å²) in [6, 6.07) is 0. The van der Waals surface area contributed by atoms with E-state index in [-0.39, 0.29) is 5.15 Å². The number of aryl methyl sites for hydroxylation is 1. The molecule has 1 heterocycles. The second kappa shape index (κ2) is 5.45.